The van der Waals surface area contributed by atoms with E-state index in [2.05, 4.69) is 48.5 Å². The molecule has 0 amide bonds. The zero-order valence-corrected chi connectivity index (χ0v) is 18.2. The third-order valence-corrected chi connectivity index (χ3v) is 6.29. The average molecular weight is 416 g/mol. The highest BCUT2D eigenvalue weighted by Crippen LogP contribution is 2.34. The molecule has 1 aliphatic heterocycles. The van der Waals surface area contributed by atoms with Crippen molar-refractivity contribution in [2.45, 2.75) is 55.4 Å². The van der Waals surface area contributed by atoms with E-state index in [4.69, 9.17) is 21.3 Å². The van der Waals surface area contributed by atoms with Crippen molar-refractivity contribution >= 4 is 34.4 Å². The summed E-state index contributed by atoms with van der Waals surface area (Å²) in [4.78, 5) is 11.3. The lowest BCUT2D eigenvalue weighted by molar-refractivity contribution is 0.0611. The lowest BCUT2D eigenvalue weighted by Gasteiger charge is -2.26. The van der Waals surface area contributed by atoms with Gasteiger partial charge in [0.1, 0.15) is 11.0 Å². The molecule has 28 heavy (non-hydrogen) atoms. The van der Waals surface area contributed by atoms with Crippen LogP contribution in [0.1, 0.15) is 39.4 Å². The zero-order valence-electron chi connectivity index (χ0n) is 16.6. The van der Waals surface area contributed by atoms with E-state index < -0.39 is 0 Å². The summed E-state index contributed by atoms with van der Waals surface area (Å²) in [5, 5.41) is 0.516. The molecule has 0 saturated carbocycles. The van der Waals surface area contributed by atoms with Gasteiger partial charge in [-0.1, -0.05) is 44.1 Å². The first-order valence-electron chi connectivity index (χ1n) is 9.78. The molecule has 1 saturated heterocycles. The SMILES string of the molecule is CC(C)(C)c1nc2cc(Sc3ccnc(Cl)c3)ccc2n1CC1CCOCC1. The molecule has 4 rings (SSSR count). The Hall–Kier alpha value is -1.56. The Bertz CT molecular complexity index is 974. The third kappa shape index (κ3) is 4.37. The molecule has 6 heteroatoms. The predicted octanol–water partition coefficient (Wildman–Crippen LogP) is 5.96. The summed E-state index contributed by atoms with van der Waals surface area (Å²) in [5.74, 6) is 1.81. The van der Waals surface area contributed by atoms with E-state index in [0.717, 1.165) is 53.7 Å². The monoisotopic (exact) mass is 415 g/mol. The summed E-state index contributed by atoms with van der Waals surface area (Å²) >= 11 is 7.71. The van der Waals surface area contributed by atoms with E-state index in [0.29, 0.717) is 11.1 Å². The normalized spacial score (nSPS) is 16.0. The maximum atomic E-state index is 6.02. The van der Waals surface area contributed by atoms with E-state index in [1.54, 1.807) is 18.0 Å². The van der Waals surface area contributed by atoms with Gasteiger partial charge in [-0.3, -0.25) is 0 Å². The summed E-state index contributed by atoms with van der Waals surface area (Å²) in [6.45, 7) is 9.48. The van der Waals surface area contributed by atoms with E-state index in [9.17, 15) is 0 Å². The number of aromatic nitrogens is 3. The fraction of sp³-hybridized carbons (Fsp3) is 0.455. The molecule has 3 aromatic rings. The molecule has 0 bridgehead atoms. The Morgan fingerprint density at radius 1 is 1.14 bits per heavy atom. The number of hydrogen-bond donors (Lipinski definition) is 0. The van der Waals surface area contributed by atoms with Crippen LogP contribution >= 0.6 is 23.4 Å². The second-order valence-electron chi connectivity index (χ2n) is 8.42. The minimum atomic E-state index is -0.00385. The highest BCUT2D eigenvalue weighted by molar-refractivity contribution is 7.99. The second kappa shape index (κ2) is 8.05. The molecule has 0 aliphatic carbocycles. The number of ether oxygens (including phenoxy) is 1. The van der Waals surface area contributed by atoms with Gasteiger partial charge in [0.05, 0.1) is 11.0 Å². The molecule has 3 heterocycles. The van der Waals surface area contributed by atoms with Crippen molar-refractivity contribution in [3.8, 4) is 0 Å². The van der Waals surface area contributed by atoms with Crippen LogP contribution in [-0.2, 0) is 16.7 Å². The molecule has 0 N–H and O–H groups in total. The predicted molar refractivity (Wildman–Crippen MR) is 115 cm³/mol. The van der Waals surface area contributed by atoms with Crippen molar-refractivity contribution in [2.24, 2.45) is 5.92 Å². The number of imidazole rings is 1. The lowest BCUT2D eigenvalue weighted by Crippen LogP contribution is -2.25. The fourth-order valence-electron chi connectivity index (χ4n) is 3.70. The molecule has 1 fully saturated rings. The molecule has 0 unspecified atom stereocenters. The van der Waals surface area contributed by atoms with Crippen LogP contribution in [0.5, 0.6) is 0 Å². The van der Waals surface area contributed by atoms with Gasteiger partial charge in [0.2, 0.25) is 0 Å². The van der Waals surface area contributed by atoms with E-state index >= 15 is 0 Å². The topological polar surface area (TPSA) is 39.9 Å². The van der Waals surface area contributed by atoms with Crippen molar-refractivity contribution in [2.75, 3.05) is 13.2 Å². The third-order valence-electron chi connectivity index (χ3n) is 5.11. The Morgan fingerprint density at radius 3 is 2.61 bits per heavy atom. The minimum Gasteiger partial charge on any atom is -0.381 e. The molecule has 4 nitrogen and oxygen atoms in total. The van der Waals surface area contributed by atoms with Crippen molar-refractivity contribution < 1.29 is 4.74 Å². The van der Waals surface area contributed by atoms with Crippen LogP contribution < -0.4 is 0 Å². The highest BCUT2D eigenvalue weighted by atomic mass is 35.5. The van der Waals surface area contributed by atoms with Crippen molar-refractivity contribution in [1.29, 1.82) is 0 Å². The van der Waals surface area contributed by atoms with E-state index in [1.165, 1.54) is 5.52 Å². The van der Waals surface area contributed by atoms with Crippen LogP contribution in [0, 0.1) is 5.92 Å². The number of hydrogen-bond acceptors (Lipinski definition) is 4. The Kier molecular flexibility index (Phi) is 5.68. The largest absolute Gasteiger partial charge is 0.381 e. The number of benzene rings is 1. The number of nitrogens with zero attached hydrogens (tertiary/aromatic N) is 3. The summed E-state index contributed by atoms with van der Waals surface area (Å²) < 4.78 is 7.98. The number of rotatable bonds is 4. The van der Waals surface area contributed by atoms with Gasteiger partial charge in [-0.05, 0) is 49.1 Å². The number of fused-ring (bicyclic) bond motifs is 1. The molecule has 148 valence electrons. The molecule has 0 radical (unpaired) electrons. The Morgan fingerprint density at radius 2 is 1.89 bits per heavy atom. The van der Waals surface area contributed by atoms with Crippen LogP contribution in [-0.4, -0.2) is 27.7 Å². The van der Waals surface area contributed by atoms with Crippen LogP contribution in [0.15, 0.2) is 46.3 Å². The van der Waals surface area contributed by atoms with Crippen molar-refractivity contribution in [3.63, 3.8) is 0 Å². The first-order chi connectivity index (χ1) is 13.4. The van der Waals surface area contributed by atoms with Gasteiger partial charge in [0, 0.05) is 41.2 Å². The fourth-order valence-corrected chi connectivity index (χ4v) is 4.82. The van der Waals surface area contributed by atoms with Gasteiger partial charge in [-0.2, -0.15) is 0 Å². The van der Waals surface area contributed by atoms with Crippen molar-refractivity contribution in [1.82, 2.24) is 14.5 Å². The molecular formula is C22H26ClN3OS. The molecular weight excluding hydrogens is 390 g/mol. The molecule has 1 aliphatic rings. The zero-order chi connectivity index (χ0) is 19.7. The molecule has 2 aromatic heterocycles. The Labute approximate surface area is 175 Å². The van der Waals surface area contributed by atoms with E-state index in [1.807, 2.05) is 12.1 Å². The van der Waals surface area contributed by atoms with Gasteiger partial charge in [0.25, 0.3) is 0 Å². The smallest absolute Gasteiger partial charge is 0.130 e. The van der Waals surface area contributed by atoms with E-state index in [-0.39, 0.29) is 5.41 Å². The number of pyridine rings is 1. The van der Waals surface area contributed by atoms with Crippen LogP contribution in [0.4, 0.5) is 0 Å². The van der Waals surface area contributed by atoms with Gasteiger partial charge >= 0.3 is 0 Å². The number of halogens is 1. The first kappa shape index (κ1) is 19.7. The first-order valence-corrected chi connectivity index (χ1v) is 11.0. The van der Waals surface area contributed by atoms with Crippen LogP contribution in [0.25, 0.3) is 11.0 Å². The second-order valence-corrected chi connectivity index (χ2v) is 9.95. The van der Waals surface area contributed by atoms with Gasteiger partial charge in [-0.15, -0.1) is 0 Å². The van der Waals surface area contributed by atoms with Gasteiger partial charge in [0.15, 0.2) is 0 Å². The molecule has 0 spiro atoms. The summed E-state index contributed by atoms with van der Waals surface area (Å²) in [6.07, 6.45) is 3.99. The summed E-state index contributed by atoms with van der Waals surface area (Å²) in [7, 11) is 0. The van der Waals surface area contributed by atoms with Gasteiger partial charge in [-0.25, -0.2) is 9.97 Å². The van der Waals surface area contributed by atoms with Crippen molar-refractivity contribution in [3.05, 3.63) is 47.5 Å². The lowest BCUT2D eigenvalue weighted by atomic mass is 9.94. The molecule has 0 atom stereocenters. The highest BCUT2D eigenvalue weighted by Gasteiger charge is 2.25. The molecule has 1 aromatic carbocycles. The Balaban J connectivity index is 1.69. The van der Waals surface area contributed by atoms with Gasteiger partial charge < -0.3 is 9.30 Å². The van der Waals surface area contributed by atoms with Crippen LogP contribution in [0.2, 0.25) is 5.15 Å². The average Bonchev–Trinajstić information content (AvgIpc) is 3.01. The van der Waals surface area contributed by atoms with Crippen LogP contribution in [0.3, 0.4) is 0 Å². The summed E-state index contributed by atoms with van der Waals surface area (Å²) in [6, 6.07) is 10.4. The maximum Gasteiger partial charge on any atom is 0.130 e. The minimum absolute atomic E-state index is 0.00385. The standard InChI is InChI=1S/C22H26ClN3OS/c1-22(2,3)21-25-18-12-16(28-17-6-9-24-20(23)13-17)4-5-19(18)26(21)14-15-7-10-27-11-8-15/h4-6,9,12-13,15H,7-8,10-11,14H2,1-3H3. The quantitative estimate of drug-likeness (QED) is 0.493. The maximum absolute atomic E-state index is 6.02. The summed E-state index contributed by atoms with van der Waals surface area (Å²) in [5.41, 5.74) is 2.27.